The minimum Gasteiger partial charge on any atom is -0.468 e. The highest BCUT2D eigenvalue weighted by Gasteiger charge is 2.44. The van der Waals surface area contributed by atoms with E-state index in [4.69, 9.17) is 4.74 Å². The number of amides is 1. The number of ether oxygens (including phenoxy) is 2. The van der Waals surface area contributed by atoms with E-state index < -0.39 is 17.2 Å². The van der Waals surface area contributed by atoms with Crippen LogP contribution in [0.1, 0.15) is 33.6 Å². The smallest absolute Gasteiger partial charge is 0.410 e. The Morgan fingerprint density at radius 2 is 2.05 bits per heavy atom. The summed E-state index contributed by atoms with van der Waals surface area (Å²) in [4.78, 5) is 24.9. The highest BCUT2D eigenvalue weighted by molar-refractivity contribution is 5.71. The first-order valence-electron chi connectivity index (χ1n) is 7.13. The van der Waals surface area contributed by atoms with E-state index in [0.717, 1.165) is 6.42 Å². The predicted octanol–water partition coefficient (Wildman–Crippen LogP) is 0.511. The van der Waals surface area contributed by atoms with Crippen molar-refractivity contribution in [3.8, 4) is 0 Å². The van der Waals surface area contributed by atoms with Crippen LogP contribution in [0.5, 0.6) is 0 Å². The van der Waals surface area contributed by atoms with Crippen molar-refractivity contribution in [3.63, 3.8) is 0 Å². The number of hydrogen-bond donors (Lipinski definition) is 2. The molecule has 1 heterocycles. The van der Waals surface area contributed by atoms with E-state index in [2.05, 4.69) is 10.1 Å². The summed E-state index contributed by atoms with van der Waals surface area (Å²) in [5.74, 6) is -0.384. The molecule has 1 rings (SSSR count). The van der Waals surface area contributed by atoms with Crippen LogP contribution in [-0.4, -0.2) is 66.6 Å². The number of likely N-dealkylation sites (tertiary alicyclic amines) is 1. The van der Waals surface area contributed by atoms with E-state index in [1.807, 2.05) is 0 Å². The summed E-state index contributed by atoms with van der Waals surface area (Å²) in [5, 5.41) is 12.7. The monoisotopic (exact) mass is 302 g/mol. The molecule has 1 amide bonds. The molecule has 0 aromatic rings. The molecule has 0 unspecified atom stereocenters. The van der Waals surface area contributed by atoms with Crippen molar-refractivity contribution in [2.75, 3.05) is 33.4 Å². The maximum atomic E-state index is 12.3. The zero-order valence-corrected chi connectivity index (χ0v) is 13.3. The van der Waals surface area contributed by atoms with Crippen molar-refractivity contribution in [2.45, 2.75) is 44.8 Å². The number of aliphatic hydroxyl groups is 1. The second kappa shape index (κ2) is 7.09. The van der Waals surface area contributed by atoms with Crippen molar-refractivity contribution in [3.05, 3.63) is 0 Å². The van der Waals surface area contributed by atoms with E-state index in [0.29, 0.717) is 19.5 Å². The minimum absolute atomic E-state index is 0.0421. The molecule has 7 heteroatoms. The molecule has 7 nitrogen and oxygen atoms in total. The summed E-state index contributed by atoms with van der Waals surface area (Å²) in [5.41, 5.74) is -1.31. The van der Waals surface area contributed by atoms with Crippen LogP contribution >= 0.6 is 0 Å². The summed E-state index contributed by atoms with van der Waals surface area (Å²) in [7, 11) is 1.31. The SMILES string of the molecule is COC(=O)CNC[C@]1(CO)CCCN1C(=O)OC(C)(C)C. The molecule has 21 heavy (non-hydrogen) atoms. The summed E-state index contributed by atoms with van der Waals surface area (Å²) < 4.78 is 9.94. The molecule has 1 aliphatic rings. The second-order valence-electron chi connectivity index (χ2n) is 6.30. The van der Waals surface area contributed by atoms with Gasteiger partial charge in [-0.2, -0.15) is 0 Å². The van der Waals surface area contributed by atoms with Gasteiger partial charge in [0.15, 0.2) is 0 Å². The maximum absolute atomic E-state index is 12.3. The van der Waals surface area contributed by atoms with Gasteiger partial charge in [0.25, 0.3) is 0 Å². The Bertz CT molecular complexity index is 380. The van der Waals surface area contributed by atoms with E-state index in [9.17, 15) is 14.7 Å². The van der Waals surface area contributed by atoms with Gasteiger partial charge in [0.1, 0.15) is 5.60 Å². The van der Waals surface area contributed by atoms with Crippen molar-refractivity contribution in [2.24, 2.45) is 0 Å². The highest BCUT2D eigenvalue weighted by atomic mass is 16.6. The molecule has 1 aliphatic heterocycles. The van der Waals surface area contributed by atoms with E-state index >= 15 is 0 Å². The third-order valence-corrected chi connectivity index (χ3v) is 3.46. The second-order valence-corrected chi connectivity index (χ2v) is 6.30. The number of aliphatic hydroxyl groups excluding tert-OH is 1. The number of rotatable bonds is 5. The van der Waals surface area contributed by atoms with Crippen molar-refractivity contribution in [1.82, 2.24) is 10.2 Å². The van der Waals surface area contributed by atoms with Gasteiger partial charge < -0.3 is 19.9 Å². The number of hydrogen-bond acceptors (Lipinski definition) is 6. The minimum atomic E-state index is -0.726. The molecule has 0 aromatic heterocycles. The number of carbonyl (C=O) groups is 2. The predicted molar refractivity (Wildman–Crippen MR) is 76.9 cm³/mol. The third-order valence-electron chi connectivity index (χ3n) is 3.46. The Balaban J connectivity index is 2.69. The number of methoxy groups -OCH3 is 1. The molecule has 1 saturated heterocycles. The van der Waals surface area contributed by atoms with E-state index in [1.54, 1.807) is 25.7 Å². The van der Waals surface area contributed by atoms with Crippen LogP contribution in [0.3, 0.4) is 0 Å². The van der Waals surface area contributed by atoms with Gasteiger partial charge >= 0.3 is 12.1 Å². The average molecular weight is 302 g/mol. The van der Waals surface area contributed by atoms with Gasteiger partial charge in [-0.05, 0) is 33.6 Å². The number of nitrogens with zero attached hydrogens (tertiary/aromatic N) is 1. The lowest BCUT2D eigenvalue weighted by molar-refractivity contribution is -0.139. The molecule has 0 spiro atoms. The topological polar surface area (TPSA) is 88.1 Å². The van der Waals surface area contributed by atoms with Gasteiger partial charge in [-0.25, -0.2) is 4.79 Å². The normalized spacial score (nSPS) is 22.2. The molecular formula is C14H26N2O5. The van der Waals surface area contributed by atoms with Crippen LogP contribution < -0.4 is 5.32 Å². The molecule has 0 bridgehead atoms. The Kier molecular flexibility index (Phi) is 5.98. The Labute approximate surface area is 125 Å². The van der Waals surface area contributed by atoms with Crippen LogP contribution in [0.2, 0.25) is 0 Å². The number of nitrogens with one attached hydrogen (secondary N) is 1. The van der Waals surface area contributed by atoms with Gasteiger partial charge in [0.2, 0.25) is 0 Å². The van der Waals surface area contributed by atoms with Crippen LogP contribution in [0.4, 0.5) is 4.79 Å². The van der Waals surface area contributed by atoms with Gasteiger partial charge in [-0.3, -0.25) is 9.69 Å². The van der Waals surface area contributed by atoms with Gasteiger partial charge in [-0.1, -0.05) is 0 Å². The summed E-state index contributed by atoms with van der Waals surface area (Å²) >= 11 is 0. The fourth-order valence-electron chi connectivity index (χ4n) is 2.41. The first-order chi connectivity index (χ1) is 9.74. The summed E-state index contributed by atoms with van der Waals surface area (Å²) in [6.45, 7) is 6.12. The third kappa shape index (κ3) is 4.86. The molecule has 1 fully saturated rings. The largest absolute Gasteiger partial charge is 0.468 e. The quantitative estimate of drug-likeness (QED) is 0.720. The standard InChI is InChI=1S/C14H26N2O5/c1-13(2,3)21-12(19)16-7-5-6-14(16,10-17)9-15-8-11(18)20-4/h15,17H,5-10H2,1-4H3/t14-/m0/s1. The highest BCUT2D eigenvalue weighted by Crippen LogP contribution is 2.30. The summed E-state index contributed by atoms with van der Waals surface area (Å²) in [6.07, 6.45) is 1.02. The fraction of sp³-hybridized carbons (Fsp3) is 0.857. The maximum Gasteiger partial charge on any atom is 0.410 e. The zero-order chi connectivity index (χ0) is 16.1. The van der Waals surface area contributed by atoms with Crippen LogP contribution in [0.15, 0.2) is 0 Å². The first-order valence-corrected chi connectivity index (χ1v) is 7.13. The van der Waals surface area contributed by atoms with E-state index in [1.165, 1.54) is 7.11 Å². The number of carbonyl (C=O) groups excluding carboxylic acids is 2. The molecule has 0 aliphatic carbocycles. The zero-order valence-electron chi connectivity index (χ0n) is 13.3. The van der Waals surface area contributed by atoms with E-state index in [-0.39, 0.29) is 19.1 Å². The summed E-state index contributed by atoms with van der Waals surface area (Å²) in [6, 6.07) is 0. The first kappa shape index (κ1) is 17.7. The van der Waals surface area contributed by atoms with Gasteiger partial charge in [0, 0.05) is 13.1 Å². The molecular weight excluding hydrogens is 276 g/mol. The van der Waals surface area contributed by atoms with Crippen LogP contribution in [0, 0.1) is 0 Å². The lowest BCUT2D eigenvalue weighted by Gasteiger charge is -2.38. The van der Waals surface area contributed by atoms with Crippen LogP contribution in [0.25, 0.3) is 0 Å². The Morgan fingerprint density at radius 1 is 1.38 bits per heavy atom. The van der Waals surface area contributed by atoms with Crippen molar-refractivity contribution in [1.29, 1.82) is 0 Å². The number of esters is 1. The van der Waals surface area contributed by atoms with Crippen molar-refractivity contribution < 1.29 is 24.2 Å². The molecule has 0 aromatic carbocycles. The lowest BCUT2D eigenvalue weighted by Crippen LogP contribution is -2.57. The van der Waals surface area contributed by atoms with Crippen LogP contribution in [-0.2, 0) is 14.3 Å². The molecule has 122 valence electrons. The molecule has 1 atom stereocenters. The Morgan fingerprint density at radius 3 is 2.57 bits per heavy atom. The fourth-order valence-corrected chi connectivity index (χ4v) is 2.41. The van der Waals surface area contributed by atoms with Gasteiger partial charge in [0.05, 0.1) is 25.8 Å². The molecule has 2 N–H and O–H groups in total. The lowest BCUT2D eigenvalue weighted by atomic mass is 9.97. The Hall–Kier alpha value is -1.34. The molecule has 0 radical (unpaired) electrons. The molecule has 0 saturated carbocycles. The van der Waals surface area contributed by atoms with Crippen molar-refractivity contribution >= 4 is 12.1 Å². The average Bonchev–Trinajstić information content (AvgIpc) is 2.81. The van der Waals surface area contributed by atoms with Gasteiger partial charge in [-0.15, -0.1) is 0 Å².